The maximum absolute atomic E-state index is 11.2. The molecule has 3 heteroatoms. The van der Waals surface area contributed by atoms with Gasteiger partial charge >= 0.3 is 0 Å². The summed E-state index contributed by atoms with van der Waals surface area (Å²) >= 11 is 0. The number of allylic oxidation sites excluding steroid dienone is 3. The molecule has 0 spiro atoms. The topological polar surface area (TPSA) is 35.5 Å². The molecule has 0 radical (unpaired) electrons. The third-order valence-corrected chi connectivity index (χ3v) is 3.14. The van der Waals surface area contributed by atoms with Gasteiger partial charge < -0.3 is 9.47 Å². The standard InChI is InChI=1S/C17H20O3/c1-12(18)5-6-13-10-17(2,3)11-20-16-8-7-14(19-4)9-15(13)16/h5-10H,11H2,1-4H3/b6-5+. The van der Waals surface area contributed by atoms with Gasteiger partial charge in [0.05, 0.1) is 13.7 Å². The minimum absolute atomic E-state index is 0.0262. The Labute approximate surface area is 119 Å². The predicted octanol–water partition coefficient (Wildman–Crippen LogP) is 3.64. The Bertz CT molecular complexity index is 580. The van der Waals surface area contributed by atoms with Crippen LogP contribution in [0.3, 0.4) is 0 Å². The minimum atomic E-state index is -0.0945. The van der Waals surface area contributed by atoms with Gasteiger partial charge in [-0.1, -0.05) is 26.0 Å². The monoisotopic (exact) mass is 272 g/mol. The number of carbonyl (C=O) groups is 1. The summed E-state index contributed by atoms with van der Waals surface area (Å²) in [5.41, 5.74) is 1.84. The molecule has 0 atom stereocenters. The Morgan fingerprint density at radius 2 is 2.15 bits per heavy atom. The molecule has 0 unspecified atom stereocenters. The third kappa shape index (κ3) is 3.29. The molecule has 0 fully saturated rings. The van der Waals surface area contributed by atoms with Crippen molar-refractivity contribution in [3.8, 4) is 11.5 Å². The van der Waals surface area contributed by atoms with E-state index in [-0.39, 0.29) is 11.2 Å². The molecule has 0 aliphatic carbocycles. The molecule has 2 rings (SSSR count). The Kier molecular flexibility index (Phi) is 3.98. The number of rotatable bonds is 3. The number of benzene rings is 1. The van der Waals surface area contributed by atoms with Crippen LogP contribution < -0.4 is 9.47 Å². The average molecular weight is 272 g/mol. The van der Waals surface area contributed by atoms with E-state index in [1.165, 1.54) is 0 Å². The number of hydrogen-bond donors (Lipinski definition) is 0. The van der Waals surface area contributed by atoms with Crippen molar-refractivity contribution in [1.29, 1.82) is 0 Å². The highest BCUT2D eigenvalue weighted by molar-refractivity contribution is 5.91. The highest BCUT2D eigenvalue weighted by atomic mass is 16.5. The van der Waals surface area contributed by atoms with Crippen LogP contribution >= 0.6 is 0 Å². The summed E-state index contributed by atoms with van der Waals surface area (Å²) in [5, 5.41) is 0. The van der Waals surface area contributed by atoms with Crippen molar-refractivity contribution in [1.82, 2.24) is 0 Å². The second-order valence-corrected chi connectivity index (χ2v) is 5.68. The van der Waals surface area contributed by atoms with E-state index in [1.54, 1.807) is 20.1 Å². The first-order chi connectivity index (χ1) is 9.41. The van der Waals surface area contributed by atoms with Crippen molar-refractivity contribution in [3.05, 3.63) is 42.0 Å². The van der Waals surface area contributed by atoms with Crippen LogP contribution in [-0.2, 0) is 4.79 Å². The molecule has 0 amide bonds. The fourth-order valence-electron chi connectivity index (χ4n) is 2.14. The molecule has 106 valence electrons. The maximum Gasteiger partial charge on any atom is 0.152 e. The summed E-state index contributed by atoms with van der Waals surface area (Å²) in [6, 6.07) is 5.72. The van der Waals surface area contributed by atoms with Crippen LogP contribution in [0.2, 0.25) is 0 Å². The first-order valence-electron chi connectivity index (χ1n) is 6.64. The molecule has 1 aromatic carbocycles. The highest BCUT2D eigenvalue weighted by Gasteiger charge is 2.23. The number of carbonyl (C=O) groups excluding carboxylic acids is 1. The van der Waals surface area contributed by atoms with Gasteiger partial charge in [0.25, 0.3) is 0 Å². The van der Waals surface area contributed by atoms with Gasteiger partial charge in [0.1, 0.15) is 11.5 Å². The summed E-state index contributed by atoms with van der Waals surface area (Å²) in [5.74, 6) is 1.61. The number of ether oxygens (including phenoxy) is 2. The van der Waals surface area contributed by atoms with Crippen molar-refractivity contribution in [2.45, 2.75) is 20.8 Å². The molecule has 1 aromatic rings. The van der Waals surface area contributed by atoms with E-state index in [4.69, 9.17) is 9.47 Å². The molecule has 20 heavy (non-hydrogen) atoms. The summed E-state index contributed by atoms with van der Waals surface area (Å²) in [7, 11) is 1.64. The maximum atomic E-state index is 11.2. The molecular weight excluding hydrogens is 252 g/mol. The fraction of sp³-hybridized carbons (Fsp3) is 0.353. The Morgan fingerprint density at radius 1 is 1.40 bits per heavy atom. The van der Waals surface area contributed by atoms with E-state index in [9.17, 15) is 4.79 Å². The van der Waals surface area contributed by atoms with Crippen LogP contribution in [0.4, 0.5) is 0 Å². The summed E-state index contributed by atoms with van der Waals surface area (Å²) in [6.45, 7) is 6.36. The van der Waals surface area contributed by atoms with Gasteiger partial charge in [0, 0.05) is 11.0 Å². The Hall–Kier alpha value is -2.03. The molecular formula is C17H20O3. The first-order valence-corrected chi connectivity index (χ1v) is 6.64. The second-order valence-electron chi connectivity index (χ2n) is 5.68. The third-order valence-electron chi connectivity index (χ3n) is 3.14. The zero-order valence-electron chi connectivity index (χ0n) is 12.4. The SMILES string of the molecule is COc1ccc2c(c1)C(/C=C/C(C)=O)=CC(C)(C)CO2. The van der Waals surface area contributed by atoms with E-state index in [0.717, 1.165) is 22.6 Å². The molecule has 0 saturated carbocycles. The van der Waals surface area contributed by atoms with Crippen molar-refractivity contribution in [3.63, 3.8) is 0 Å². The first kappa shape index (κ1) is 14.4. The van der Waals surface area contributed by atoms with Gasteiger partial charge in [-0.15, -0.1) is 0 Å². The zero-order valence-corrected chi connectivity index (χ0v) is 12.4. The normalized spacial score (nSPS) is 16.9. The van der Waals surface area contributed by atoms with Gasteiger partial charge in [-0.25, -0.2) is 0 Å². The zero-order chi connectivity index (χ0) is 14.8. The van der Waals surface area contributed by atoms with Crippen molar-refractivity contribution < 1.29 is 14.3 Å². The van der Waals surface area contributed by atoms with Crippen molar-refractivity contribution in [2.75, 3.05) is 13.7 Å². The molecule has 0 aromatic heterocycles. The van der Waals surface area contributed by atoms with Gasteiger partial charge in [-0.2, -0.15) is 0 Å². The predicted molar refractivity (Wildman–Crippen MR) is 80.1 cm³/mol. The van der Waals surface area contributed by atoms with E-state index < -0.39 is 0 Å². The average Bonchev–Trinajstić information content (AvgIpc) is 2.53. The highest BCUT2D eigenvalue weighted by Crippen LogP contribution is 2.37. The second kappa shape index (κ2) is 5.53. The van der Waals surface area contributed by atoms with E-state index in [0.29, 0.717) is 6.61 Å². The molecule has 1 aliphatic heterocycles. The molecule has 0 saturated heterocycles. The number of ketones is 1. The number of methoxy groups -OCH3 is 1. The van der Waals surface area contributed by atoms with Crippen LogP contribution in [0.25, 0.3) is 5.57 Å². The number of fused-ring (bicyclic) bond motifs is 1. The quantitative estimate of drug-likeness (QED) is 0.788. The van der Waals surface area contributed by atoms with E-state index in [2.05, 4.69) is 19.9 Å². The summed E-state index contributed by atoms with van der Waals surface area (Å²) in [6.07, 6.45) is 5.56. The van der Waals surface area contributed by atoms with Gasteiger partial charge in [-0.05, 0) is 36.8 Å². The van der Waals surface area contributed by atoms with E-state index >= 15 is 0 Å². The van der Waals surface area contributed by atoms with E-state index in [1.807, 2.05) is 24.3 Å². The van der Waals surface area contributed by atoms with Crippen LogP contribution in [0, 0.1) is 5.41 Å². The Balaban J connectivity index is 2.54. The largest absolute Gasteiger partial charge is 0.497 e. The molecule has 0 N–H and O–H groups in total. The van der Waals surface area contributed by atoms with Crippen LogP contribution in [0.5, 0.6) is 11.5 Å². The lowest BCUT2D eigenvalue weighted by Gasteiger charge is -2.18. The molecule has 1 aliphatic rings. The smallest absolute Gasteiger partial charge is 0.152 e. The molecule has 3 nitrogen and oxygen atoms in total. The lowest BCUT2D eigenvalue weighted by atomic mass is 9.90. The van der Waals surface area contributed by atoms with Gasteiger partial charge in [0.2, 0.25) is 0 Å². The molecule has 1 heterocycles. The summed E-state index contributed by atoms with van der Waals surface area (Å²) in [4.78, 5) is 11.2. The van der Waals surface area contributed by atoms with Crippen LogP contribution in [0.1, 0.15) is 26.3 Å². The molecule has 0 bridgehead atoms. The van der Waals surface area contributed by atoms with Gasteiger partial charge in [-0.3, -0.25) is 4.79 Å². The lowest BCUT2D eigenvalue weighted by molar-refractivity contribution is -0.112. The van der Waals surface area contributed by atoms with Gasteiger partial charge in [0.15, 0.2) is 5.78 Å². The Morgan fingerprint density at radius 3 is 2.80 bits per heavy atom. The van der Waals surface area contributed by atoms with Crippen molar-refractivity contribution >= 4 is 11.4 Å². The number of hydrogen-bond acceptors (Lipinski definition) is 3. The fourth-order valence-corrected chi connectivity index (χ4v) is 2.14. The van der Waals surface area contributed by atoms with Crippen molar-refractivity contribution in [2.24, 2.45) is 5.41 Å². The van der Waals surface area contributed by atoms with Crippen LogP contribution in [-0.4, -0.2) is 19.5 Å². The minimum Gasteiger partial charge on any atom is -0.497 e. The van der Waals surface area contributed by atoms with Crippen LogP contribution in [0.15, 0.2) is 36.4 Å². The summed E-state index contributed by atoms with van der Waals surface area (Å²) < 4.78 is 11.1. The lowest BCUT2D eigenvalue weighted by Crippen LogP contribution is -2.17.